The number of carbonyl (C=O) groups excluding carboxylic acids is 1. The molecule has 3 rings (SSSR count). The second-order valence-electron chi connectivity index (χ2n) is 7.54. The molecular formula is C20H29F2N4O2S+. The Labute approximate surface area is 175 Å². The van der Waals surface area contributed by atoms with Crippen molar-refractivity contribution in [3.05, 3.63) is 24.3 Å². The van der Waals surface area contributed by atoms with Crippen LogP contribution < -0.4 is 15.0 Å². The van der Waals surface area contributed by atoms with E-state index in [1.54, 1.807) is 12.1 Å². The molecule has 2 heterocycles. The summed E-state index contributed by atoms with van der Waals surface area (Å²) in [5.74, 6) is 0.380. The van der Waals surface area contributed by atoms with E-state index in [1.807, 2.05) is 4.90 Å². The second kappa shape index (κ2) is 10.7. The number of ether oxygens (including phenoxy) is 1. The number of halogens is 2. The predicted octanol–water partition coefficient (Wildman–Crippen LogP) is 1.59. The molecule has 1 aromatic rings. The van der Waals surface area contributed by atoms with Gasteiger partial charge in [0.25, 0.3) is 5.91 Å². The maximum atomic E-state index is 12.6. The SMILES string of the molecule is O=C(C[NH+]1CCN(C(=S)Nc2ccc(OC(F)F)cc2)CC1)N1CCCCCC1. The first kappa shape index (κ1) is 21.7. The van der Waals surface area contributed by atoms with Crippen molar-refractivity contribution in [2.75, 3.05) is 51.1 Å². The monoisotopic (exact) mass is 427 g/mol. The minimum Gasteiger partial charge on any atom is -0.435 e. The zero-order valence-corrected chi connectivity index (χ0v) is 17.4. The molecule has 1 amide bonds. The molecule has 0 saturated carbocycles. The number of likely N-dealkylation sites (tertiary alicyclic amines) is 1. The van der Waals surface area contributed by atoms with Gasteiger partial charge in [-0.25, -0.2) is 0 Å². The van der Waals surface area contributed by atoms with Gasteiger partial charge in [-0.2, -0.15) is 8.78 Å². The molecule has 2 aliphatic rings. The van der Waals surface area contributed by atoms with Gasteiger partial charge >= 0.3 is 6.61 Å². The Morgan fingerprint density at radius 1 is 1.03 bits per heavy atom. The van der Waals surface area contributed by atoms with Gasteiger partial charge in [-0.05, 0) is 49.3 Å². The number of nitrogens with zero attached hydrogens (tertiary/aromatic N) is 2. The summed E-state index contributed by atoms with van der Waals surface area (Å²) in [6.45, 7) is 2.80. The highest BCUT2D eigenvalue weighted by atomic mass is 32.1. The molecule has 2 saturated heterocycles. The lowest BCUT2D eigenvalue weighted by Gasteiger charge is -2.34. The Balaban J connectivity index is 1.41. The third kappa shape index (κ3) is 6.78. The molecule has 1 aromatic carbocycles. The van der Waals surface area contributed by atoms with E-state index >= 15 is 0 Å². The zero-order valence-electron chi connectivity index (χ0n) is 16.5. The number of hydrogen-bond acceptors (Lipinski definition) is 3. The second-order valence-corrected chi connectivity index (χ2v) is 7.93. The number of carbonyl (C=O) groups is 1. The minimum absolute atomic E-state index is 0.114. The summed E-state index contributed by atoms with van der Waals surface area (Å²) in [5.41, 5.74) is 0.725. The van der Waals surface area contributed by atoms with Crippen LogP contribution in [0.3, 0.4) is 0 Å². The van der Waals surface area contributed by atoms with Gasteiger partial charge in [-0.3, -0.25) is 4.79 Å². The highest BCUT2D eigenvalue weighted by Crippen LogP contribution is 2.18. The van der Waals surface area contributed by atoms with E-state index < -0.39 is 6.61 Å². The van der Waals surface area contributed by atoms with Crippen LogP contribution in [0, 0.1) is 0 Å². The highest BCUT2D eigenvalue weighted by Gasteiger charge is 2.26. The van der Waals surface area contributed by atoms with Crippen molar-refractivity contribution in [2.24, 2.45) is 0 Å². The van der Waals surface area contributed by atoms with Crippen LogP contribution in [0.2, 0.25) is 0 Å². The maximum absolute atomic E-state index is 12.6. The van der Waals surface area contributed by atoms with Crippen LogP contribution in [0.15, 0.2) is 24.3 Å². The summed E-state index contributed by atoms with van der Waals surface area (Å²) in [5, 5.41) is 3.74. The molecule has 160 valence electrons. The number of benzene rings is 1. The normalized spacial score (nSPS) is 18.4. The molecule has 0 aliphatic carbocycles. The first-order chi connectivity index (χ1) is 14.0. The third-order valence-corrected chi connectivity index (χ3v) is 5.81. The van der Waals surface area contributed by atoms with Gasteiger partial charge in [0.2, 0.25) is 0 Å². The molecule has 2 N–H and O–H groups in total. The fourth-order valence-corrected chi connectivity index (χ4v) is 4.07. The molecule has 2 aliphatic heterocycles. The van der Waals surface area contributed by atoms with Gasteiger partial charge in [0.15, 0.2) is 11.7 Å². The fraction of sp³-hybridized carbons (Fsp3) is 0.600. The van der Waals surface area contributed by atoms with Gasteiger partial charge in [-0.15, -0.1) is 0 Å². The standard InChI is InChI=1S/C20H28F2N4O2S/c21-19(22)28-17-7-5-16(6-8-17)23-20(29)26-13-11-24(12-14-26)15-18(27)25-9-3-1-2-4-10-25/h5-8,19H,1-4,9-15H2,(H,23,29)/p+1. The molecule has 29 heavy (non-hydrogen) atoms. The number of piperazine rings is 1. The van der Waals surface area contributed by atoms with Crippen LogP contribution in [0.25, 0.3) is 0 Å². The molecular weight excluding hydrogens is 398 g/mol. The van der Waals surface area contributed by atoms with Gasteiger partial charge in [0.1, 0.15) is 5.75 Å². The fourth-order valence-electron chi connectivity index (χ4n) is 3.77. The molecule has 0 radical (unpaired) electrons. The van der Waals surface area contributed by atoms with E-state index in [0.717, 1.165) is 57.8 Å². The summed E-state index contributed by atoms with van der Waals surface area (Å²) < 4.78 is 28.8. The third-order valence-electron chi connectivity index (χ3n) is 5.45. The molecule has 0 spiro atoms. The maximum Gasteiger partial charge on any atom is 0.387 e. The Morgan fingerprint density at radius 2 is 1.66 bits per heavy atom. The van der Waals surface area contributed by atoms with Crippen LogP contribution in [-0.2, 0) is 4.79 Å². The average Bonchev–Trinajstić information content (AvgIpc) is 2.99. The van der Waals surface area contributed by atoms with Crippen molar-refractivity contribution < 1.29 is 23.2 Å². The lowest BCUT2D eigenvalue weighted by molar-refractivity contribution is -0.896. The van der Waals surface area contributed by atoms with E-state index in [9.17, 15) is 13.6 Å². The number of alkyl halides is 2. The Kier molecular flexibility index (Phi) is 8.00. The predicted molar refractivity (Wildman–Crippen MR) is 111 cm³/mol. The van der Waals surface area contributed by atoms with Gasteiger partial charge in [-0.1, -0.05) is 12.8 Å². The molecule has 0 aromatic heterocycles. The first-order valence-corrected chi connectivity index (χ1v) is 10.6. The van der Waals surface area contributed by atoms with Crippen molar-refractivity contribution in [1.29, 1.82) is 0 Å². The molecule has 0 bridgehead atoms. The van der Waals surface area contributed by atoms with Gasteiger partial charge in [0.05, 0.1) is 26.2 Å². The number of nitrogens with one attached hydrogen (secondary N) is 2. The Hall–Kier alpha value is -2.00. The highest BCUT2D eigenvalue weighted by molar-refractivity contribution is 7.80. The summed E-state index contributed by atoms with van der Waals surface area (Å²) in [4.78, 5) is 18.0. The Morgan fingerprint density at radius 3 is 2.24 bits per heavy atom. The summed E-state index contributed by atoms with van der Waals surface area (Å²) in [6, 6.07) is 6.28. The largest absolute Gasteiger partial charge is 0.435 e. The topological polar surface area (TPSA) is 49.3 Å². The average molecular weight is 428 g/mol. The quantitative estimate of drug-likeness (QED) is 0.699. The first-order valence-electron chi connectivity index (χ1n) is 10.2. The van der Waals surface area contributed by atoms with Gasteiger partial charge in [0, 0.05) is 18.8 Å². The summed E-state index contributed by atoms with van der Waals surface area (Å²) in [7, 11) is 0. The van der Waals surface area contributed by atoms with Crippen molar-refractivity contribution in [3.8, 4) is 5.75 Å². The number of hydrogen-bond donors (Lipinski definition) is 2. The minimum atomic E-state index is -2.83. The molecule has 0 atom stereocenters. The van der Waals surface area contributed by atoms with Crippen molar-refractivity contribution in [2.45, 2.75) is 32.3 Å². The van der Waals surface area contributed by atoms with Crippen LogP contribution in [0.1, 0.15) is 25.7 Å². The van der Waals surface area contributed by atoms with Crippen LogP contribution in [-0.4, -0.2) is 73.2 Å². The number of rotatable bonds is 5. The molecule has 6 nitrogen and oxygen atoms in total. The zero-order chi connectivity index (χ0) is 20.6. The van der Waals surface area contributed by atoms with Crippen LogP contribution in [0.5, 0.6) is 5.75 Å². The van der Waals surface area contributed by atoms with E-state index in [1.165, 1.54) is 29.9 Å². The van der Waals surface area contributed by atoms with Crippen molar-refractivity contribution in [3.63, 3.8) is 0 Å². The number of quaternary nitrogens is 1. The van der Waals surface area contributed by atoms with Crippen LogP contribution in [0.4, 0.5) is 14.5 Å². The van der Waals surface area contributed by atoms with E-state index in [0.29, 0.717) is 11.7 Å². The van der Waals surface area contributed by atoms with E-state index in [4.69, 9.17) is 12.2 Å². The molecule has 2 fully saturated rings. The number of thiocarbonyl (C=S) groups is 1. The van der Waals surface area contributed by atoms with Crippen molar-refractivity contribution in [1.82, 2.24) is 9.80 Å². The molecule has 9 heteroatoms. The van der Waals surface area contributed by atoms with Crippen LogP contribution >= 0.6 is 12.2 Å². The molecule has 0 unspecified atom stereocenters. The summed E-state index contributed by atoms with van der Waals surface area (Å²) in [6.07, 6.45) is 4.68. The number of anilines is 1. The van der Waals surface area contributed by atoms with Gasteiger partial charge < -0.3 is 24.8 Å². The lowest BCUT2D eigenvalue weighted by Crippen LogP contribution is -3.15. The number of amides is 1. The van der Waals surface area contributed by atoms with E-state index in [2.05, 4.69) is 15.0 Å². The Bertz CT molecular complexity index is 674. The van der Waals surface area contributed by atoms with Crippen molar-refractivity contribution >= 4 is 28.9 Å². The van der Waals surface area contributed by atoms with E-state index in [-0.39, 0.29) is 11.7 Å². The summed E-state index contributed by atoms with van der Waals surface area (Å²) >= 11 is 5.48. The lowest BCUT2D eigenvalue weighted by atomic mass is 10.2. The smallest absolute Gasteiger partial charge is 0.387 e.